The van der Waals surface area contributed by atoms with Crippen LogP contribution in [-0.2, 0) is 0 Å². The Kier molecular flexibility index (Phi) is 4.84. The molecule has 2 fully saturated rings. The van der Waals surface area contributed by atoms with Crippen LogP contribution in [-0.4, -0.2) is 40.6 Å². The standard InChI is InChI=1S/C17H30N4/c1-14-13-21(16-9-5-6-10-16)17(19-14)18-11-12-20(2)15-7-3-4-8-15/h13,15-16H,3-12H2,1-2H3,(H,18,19). The molecule has 2 aliphatic rings. The highest BCUT2D eigenvalue weighted by atomic mass is 15.2. The predicted octanol–water partition coefficient (Wildman–Crippen LogP) is 3.59. The van der Waals surface area contributed by atoms with E-state index >= 15 is 0 Å². The van der Waals surface area contributed by atoms with Gasteiger partial charge in [0.1, 0.15) is 0 Å². The second-order valence-electron chi connectivity index (χ2n) is 6.90. The quantitative estimate of drug-likeness (QED) is 0.869. The molecule has 0 radical (unpaired) electrons. The number of hydrogen-bond acceptors (Lipinski definition) is 3. The molecule has 118 valence electrons. The minimum absolute atomic E-state index is 0.668. The van der Waals surface area contributed by atoms with Crippen LogP contribution in [0.25, 0.3) is 0 Å². The van der Waals surface area contributed by atoms with Crippen molar-refractivity contribution >= 4 is 5.95 Å². The topological polar surface area (TPSA) is 33.1 Å². The van der Waals surface area contributed by atoms with Crippen LogP contribution in [0.4, 0.5) is 5.95 Å². The van der Waals surface area contributed by atoms with Crippen LogP contribution in [0.15, 0.2) is 6.20 Å². The molecule has 3 rings (SSSR count). The van der Waals surface area contributed by atoms with Crippen molar-refractivity contribution in [3.8, 4) is 0 Å². The minimum atomic E-state index is 0.668. The molecule has 21 heavy (non-hydrogen) atoms. The van der Waals surface area contributed by atoms with Crippen molar-refractivity contribution in [3.63, 3.8) is 0 Å². The van der Waals surface area contributed by atoms with E-state index in [4.69, 9.17) is 0 Å². The molecule has 0 unspecified atom stereocenters. The fraction of sp³-hybridized carbons (Fsp3) is 0.824. The maximum Gasteiger partial charge on any atom is 0.203 e. The Labute approximate surface area is 128 Å². The predicted molar refractivity (Wildman–Crippen MR) is 87.8 cm³/mol. The van der Waals surface area contributed by atoms with Gasteiger partial charge in [0, 0.05) is 31.4 Å². The van der Waals surface area contributed by atoms with Crippen LogP contribution >= 0.6 is 0 Å². The van der Waals surface area contributed by atoms with Crippen molar-refractivity contribution in [2.75, 3.05) is 25.5 Å². The molecule has 2 saturated carbocycles. The third-order valence-electron chi connectivity index (χ3n) is 5.27. The number of hydrogen-bond donors (Lipinski definition) is 1. The normalized spacial score (nSPS) is 20.7. The van der Waals surface area contributed by atoms with Crippen molar-refractivity contribution in [3.05, 3.63) is 11.9 Å². The Balaban J connectivity index is 1.52. The number of nitrogens with one attached hydrogen (secondary N) is 1. The van der Waals surface area contributed by atoms with Gasteiger partial charge in [0.2, 0.25) is 5.95 Å². The summed E-state index contributed by atoms with van der Waals surface area (Å²) < 4.78 is 2.39. The summed E-state index contributed by atoms with van der Waals surface area (Å²) in [5, 5.41) is 3.58. The molecule has 0 saturated heterocycles. The van der Waals surface area contributed by atoms with E-state index in [9.17, 15) is 0 Å². The summed E-state index contributed by atoms with van der Waals surface area (Å²) in [5.41, 5.74) is 1.13. The van der Waals surface area contributed by atoms with Gasteiger partial charge in [-0.25, -0.2) is 4.98 Å². The van der Waals surface area contributed by atoms with Gasteiger partial charge in [-0.1, -0.05) is 25.7 Å². The molecule has 4 nitrogen and oxygen atoms in total. The molecule has 1 heterocycles. The summed E-state index contributed by atoms with van der Waals surface area (Å²) >= 11 is 0. The molecule has 1 N–H and O–H groups in total. The summed E-state index contributed by atoms with van der Waals surface area (Å²) in [6.07, 6.45) is 13.2. The van der Waals surface area contributed by atoms with Crippen molar-refractivity contribution in [2.45, 2.75) is 70.4 Å². The summed E-state index contributed by atoms with van der Waals surface area (Å²) in [6.45, 7) is 4.21. The van der Waals surface area contributed by atoms with Crippen LogP contribution in [0, 0.1) is 6.92 Å². The smallest absolute Gasteiger partial charge is 0.203 e. The molecular weight excluding hydrogens is 260 g/mol. The Hall–Kier alpha value is -1.03. The SMILES string of the molecule is Cc1cn(C2CCCC2)c(NCCN(C)C2CCCC2)n1. The first kappa shape index (κ1) is 14.9. The Bertz CT molecular complexity index is 442. The van der Waals surface area contributed by atoms with E-state index in [1.54, 1.807) is 0 Å². The molecule has 0 aliphatic heterocycles. The average Bonchev–Trinajstić information content (AvgIpc) is 3.20. The van der Waals surface area contributed by atoms with E-state index in [1.807, 2.05) is 0 Å². The van der Waals surface area contributed by atoms with Gasteiger partial charge in [-0.15, -0.1) is 0 Å². The number of likely N-dealkylation sites (N-methyl/N-ethyl adjacent to an activating group) is 1. The fourth-order valence-corrected chi connectivity index (χ4v) is 3.98. The highest BCUT2D eigenvalue weighted by molar-refractivity contribution is 5.29. The molecule has 2 aliphatic carbocycles. The molecule has 0 bridgehead atoms. The largest absolute Gasteiger partial charge is 0.354 e. The number of rotatable bonds is 6. The lowest BCUT2D eigenvalue weighted by atomic mass is 10.2. The second kappa shape index (κ2) is 6.82. The van der Waals surface area contributed by atoms with Gasteiger partial charge in [-0.05, 0) is 39.7 Å². The van der Waals surface area contributed by atoms with E-state index in [0.29, 0.717) is 6.04 Å². The Morgan fingerprint density at radius 3 is 2.57 bits per heavy atom. The number of nitrogens with zero attached hydrogens (tertiary/aromatic N) is 3. The van der Waals surface area contributed by atoms with Crippen LogP contribution in [0.5, 0.6) is 0 Å². The van der Waals surface area contributed by atoms with Crippen LogP contribution < -0.4 is 5.32 Å². The van der Waals surface area contributed by atoms with Crippen LogP contribution in [0.3, 0.4) is 0 Å². The van der Waals surface area contributed by atoms with Gasteiger partial charge in [-0.2, -0.15) is 0 Å². The molecule has 0 atom stereocenters. The Morgan fingerprint density at radius 2 is 1.86 bits per heavy atom. The third kappa shape index (κ3) is 3.60. The first-order valence-corrected chi connectivity index (χ1v) is 8.73. The first-order chi connectivity index (χ1) is 10.2. The fourth-order valence-electron chi connectivity index (χ4n) is 3.98. The molecular formula is C17H30N4. The molecule has 0 amide bonds. The van der Waals surface area contributed by atoms with Crippen molar-refractivity contribution < 1.29 is 0 Å². The zero-order chi connectivity index (χ0) is 14.7. The highest BCUT2D eigenvalue weighted by Crippen LogP contribution is 2.32. The molecule has 4 heteroatoms. The van der Waals surface area contributed by atoms with Crippen LogP contribution in [0.2, 0.25) is 0 Å². The Morgan fingerprint density at radius 1 is 1.19 bits per heavy atom. The maximum atomic E-state index is 4.68. The highest BCUT2D eigenvalue weighted by Gasteiger charge is 2.21. The molecule has 1 aromatic rings. The van der Waals surface area contributed by atoms with E-state index < -0.39 is 0 Å². The number of aryl methyl sites for hydroxylation is 1. The monoisotopic (exact) mass is 290 g/mol. The van der Waals surface area contributed by atoms with E-state index in [2.05, 4.69) is 39.9 Å². The minimum Gasteiger partial charge on any atom is -0.354 e. The molecule has 0 spiro atoms. The van der Waals surface area contributed by atoms with E-state index in [1.165, 1.54) is 51.4 Å². The zero-order valence-electron chi connectivity index (χ0n) is 13.6. The van der Waals surface area contributed by atoms with E-state index in [0.717, 1.165) is 30.8 Å². The summed E-state index contributed by atoms with van der Waals surface area (Å²) in [6, 6.07) is 1.48. The van der Waals surface area contributed by atoms with Gasteiger partial charge < -0.3 is 14.8 Å². The third-order valence-corrected chi connectivity index (χ3v) is 5.27. The second-order valence-corrected chi connectivity index (χ2v) is 6.90. The van der Waals surface area contributed by atoms with Gasteiger partial charge in [-0.3, -0.25) is 0 Å². The average molecular weight is 290 g/mol. The van der Waals surface area contributed by atoms with E-state index in [-0.39, 0.29) is 0 Å². The lowest BCUT2D eigenvalue weighted by Gasteiger charge is -2.24. The number of anilines is 1. The molecule has 0 aromatic carbocycles. The first-order valence-electron chi connectivity index (χ1n) is 8.73. The summed E-state index contributed by atoms with van der Waals surface area (Å²) in [4.78, 5) is 7.21. The summed E-state index contributed by atoms with van der Waals surface area (Å²) in [7, 11) is 2.27. The lowest BCUT2D eigenvalue weighted by Crippen LogP contribution is -2.33. The van der Waals surface area contributed by atoms with Crippen molar-refractivity contribution in [1.29, 1.82) is 0 Å². The summed E-state index contributed by atoms with van der Waals surface area (Å²) in [5.74, 6) is 1.08. The molecule has 1 aromatic heterocycles. The maximum absolute atomic E-state index is 4.68. The van der Waals surface area contributed by atoms with Gasteiger partial charge in [0.25, 0.3) is 0 Å². The number of imidazole rings is 1. The van der Waals surface area contributed by atoms with Gasteiger partial charge in [0.15, 0.2) is 0 Å². The van der Waals surface area contributed by atoms with Gasteiger partial charge in [0.05, 0.1) is 5.69 Å². The zero-order valence-corrected chi connectivity index (χ0v) is 13.6. The van der Waals surface area contributed by atoms with Crippen molar-refractivity contribution in [2.24, 2.45) is 0 Å². The van der Waals surface area contributed by atoms with Gasteiger partial charge >= 0.3 is 0 Å². The number of aromatic nitrogens is 2. The lowest BCUT2D eigenvalue weighted by molar-refractivity contribution is 0.254. The van der Waals surface area contributed by atoms with Crippen molar-refractivity contribution in [1.82, 2.24) is 14.5 Å². The van der Waals surface area contributed by atoms with Crippen LogP contribution in [0.1, 0.15) is 63.1 Å².